The zero-order chi connectivity index (χ0) is 19.1. The highest BCUT2D eigenvalue weighted by Gasteiger charge is 2.18. The zero-order valence-corrected chi connectivity index (χ0v) is 16.3. The van der Waals surface area contributed by atoms with Gasteiger partial charge in [-0.1, -0.05) is 23.7 Å². The average molecular weight is 377 g/mol. The van der Waals surface area contributed by atoms with Crippen molar-refractivity contribution in [1.82, 2.24) is 4.90 Å². The topological polar surface area (TPSA) is 50.8 Å². The van der Waals surface area contributed by atoms with Gasteiger partial charge < -0.3 is 14.8 Å². The smallest absolute Gasteiger partial charge is 0.241 e. The standard InChI is InChI=1S/C20H25ClN2O3/c1-5-26-17-9-6-15(7-10-17)13-23(3)14(2)20(24)22-16-8-11-19(25-4)18(21)12-16/h6-12,14H,5,13H2,1-4H3,(H,22,24)/t14-/m1/s1. The Morgan fingerprint density at radius 3 is 2.50 bits per heavy atom. The third kappa shape index (κ3) is 5.38. The van der Waals surface area contributed by atoms with Crippen LogP contribution in [0.15, 0.2) is 42.5 Å². The van der Waals surface area contributed by atoms with Gasteiger partial charge in [0.2, 0.25) is 5.91 Å². The normalized spacial score (nSPS) is 11.9. The first-order valence-corrected chi connectivity index (χ1v) is 8.88. The summed E-state index contributed by atoms with van der Waals surface area (Å²) in [6, 6.07) is 12.8. The van der Waals surface area contributed by atoms with Gasteiger partial charge in [-0.05, 0) is 56.8 Å². The number of nitrogens with one attached hydrogen (secondary N) is 1. The van der Waals surface area contributed by atoms with Gasteiger partial charge in [0.25, 0.3) is 0 Å². The molecule has 2 aromatic rings. The number of hydrogen-bond acceptors (Lipinski definition) is 4. The number of halogens is 1. The van der Waals surface area contributed by atoms with Crippen LogP contribution in [0.4, 0.5) is 5.69 Å². The van der Waals surface area contributed by atoms with Crippen LogP contribution in [0.1, 0.15) is 19.4 Å². The van der Waals surface area contributed by atoms with E-state index >= 15 is 0 Å². The van der Waals surface area contributed by atoms with E-state index in [2.05, 4.69) is 5.32 Å². The Morgan fingerprint density at radius 1 is 1.23 bits per heavy atom. The summed E-state index contributed by atoms with van der Waals surface area (Å²) in [7, 11) is 3.47. The highest BCUT2D eigenvalue weighted by molar-refractivity contribution is 6.32. The fraction of sp³-hybridized carbons (Fsp3) is 0.350. The van der Waals surface area contributed by atoms with Crippen LogP contribution in [-0.2, 0) is 11.3 Å². The van der Waals surface area contributed by atoms with Gasteiger partial charge in [-0.25, -0.2) is 0 Å². The Labute approximate surface area is 159 Å². The molecule has 0 aromatic heterocycles. The molecule has 26 heavy (non-hydrogen) atoms. The molecule has 0 aliphatic rings. The summed E-state index contributed by atoms with van der Waals surface area (Å²) < 4.78 is 10.6. The second kappa shape index (κ2) is 9.46. The summed E-state index contributed by atoms with van der Waals surface area (Å²) in [6.07, 6.45) is 0. The molecule has 2 aromatic carbocycles. The van der Waals surface area contributed by atoms with Crippen molar-refractivity contribution >= 4 is 23.2 Å². The Hall–Kier alpha value is -2.24. The van der Waals surface area contributed by atoms with Crippen LogP contribution in [0.3, 0.4) is 0 Å². The summed E-state index contributed by atoms with van der Waals surface area (Å²) >= 11 is 6.10. The van der Waals surface area contributed by atoms with Crippen molar-refractivity contribution in [2.45, 2.75) is 26.4 Å². The maximum atomic E-state index is 12.5. The lowest BCUT2D eigenvalue weighted by Crippen LogP contribution is -2.39. The van der Waals surface area contributed by atoms with Gasteiger partial charge in [0.05, 0.1) is 24.8 Å². The minimum atomic E-state index is -0.303. The van der Waals surface area contributed by atoms with E-state index in [0.717, 1.165) is 11.3 Å². The van der Waals surface area contributed by atoms with Crippen LogP contribution >= 0.6 is 11.6 Å². The lowest BCUT2D eigenvalue weighted by molar-refractivity contribution is -0.120. The van der Waals surface area contributed by atoms with E-state index < -0.39 is 0 Å². The van der Waals surface area contributed by atoms with Crippen molar-refractivity contribution in [1.29, 1.82) is 0 Å². The van der Waals surface area contributed by atoms with Crippen LogP contribution in [0.5, 0.6) is 11.5 Å². The molecule has 0 spiro atoms. The largest absolute Gasteiger partial charge is 0.495 e. The maximum Gasteiger partial charge on any atom is 0.241 e. The van der Waals surface area contributed by atoms with Gasteiger partial charge in [0.1, 0.15) is 11.5 Å². The van der Waals surface area contributed by atoms with Gasteiger partial charge in [0, 0.05) is 12.2 Å². The molecule has 0 saturated carbocycles. The van der Waals surface area contributed by atoms with Crippen LogP contribution in [0.2, 0.25) is 5.02 Å². The number of anilines is 1. The molecule has 0 bridgehead atoms. The van der Waals surface area contributed by atoms with E-state index in [9.17, 15) is 4.79 Å². The van der Waals surface area contributed by atoms with Gasteiger partial charge in [-0.2, -0.15) is 0 Å². The second-order valence-electron chi connectivity index (χ2n) is 6.01. The van der Waals surface area contributed by atoms with Crippen molar-refractivity contribution in [2.24, 2.45) is 0 Å². The predicted molar refractivity (Wildman–Crippen MR) is 105 cm³/mol. The fourth-order valence-electron chi connectivity index (χ4n) is 2.47. The average Bonchev–Trinajstić information content (AvgIpc) is 2.63. The van der Waals surface area contributed by atoms with Gasteiger partial charge in [-0.15, -0.1) is 0 Å². The lowest BCUT2D eigenvalue weighted by atomic mass is 10.1. The van der Waals surface area contributed by atoms with Crippen molar-refractivity contribution < 1.29 is 14.3 Å². The number of rotatable bonds is 8. The highest BCUT2D eigenvalue weighted by atomic mass is 35.5. The molecule has 140 valence electrons. The van der Waals surface area contributed by atoms with Gasteiger partial charge >= 0.3 is 0 Å². The molecule has 0 aliphatic carbocycles. The summed E-state index contributed by atoms with van der Waals surface area (Å²) in [6.45, 7) is 5.13. The summed E-state index contributed by atoms with van der Waals surface area (Å²) in [5.74, 6) is 1.33. The van der Waals surface area contributed by atoms with Crippen molar-refractivity contribution in [3.8, 4) is 11.5 Å². The van der Waals surface area contributed by atoms with Crippen molar-refractivity contribution in [3.05, 3.63) is 53.1 Å². The second-order valence-corrected chi connectivity index (χ2v) is 6.41. The number of methoxy groups -OCH3 is 1. The lowest BCUT2D eigenvalue weighted by Gasteiger charge is -2.24. The van der Waals surface area contributed by atoms with Crippen molar-refractivity contribution in [2.75, 3.05) is 26.1 Å². The Morgan fingerprint density at radius 2 is 1.92 bits per heavy atom. The van der Waals surface area contributed by atoms with E-state index in [0.29, 0.717) is 29.6 Å². The SMILES string of the molecule is CCOc1ccc(CN(C)[C@H](C)C(=O)Nc2ccc(OC)c(Cl)c2)cc1. The number of benzene rings is 2. The molecule has 1 atom stereocenters. The Bertz CT molecular complexity index is 734. The highest BCUT2D eigenvalue weighted by Crippen LogP contribution is 2.27. The number of amides is 1. The molecule has 1 amide bonds. The van der Waals surface area contributed by atoms with Crippen LogP contribution in [-0.4, -0.2) is 37.6 Å². The number of hydrogen-bond donors (Lipinski definition) is 1. The summed E-state index contributed by atoms with van der Waals surface area (Å²) in [5.41, 5.74) is 1.75. The number of nitrogens with zero attached hydrogens (tertiary/aromatic N) is 1. The molecular weight excluding hydrogens is 352 g/mol. The number of carbonyl (C=O) groups is 1. The van der Waals surface area contributed by atoms with E-state index in [-0.39, 0.29) is 11.9 Å². The molecule has 0 unspecified atom stereocenters. The summed E-state index contributed by atoms with van der Waals surface area (Å²) in [5, 5.41) is 3.34. The molecule has 0 radical (unpaired) electrons. The zero-order valence-electron chi connectivity index (χ0n) is 15.6. The first kappa shape index (κ1) is 20.1. The number of carbonyl (C=O) groups excluding carboxylic acids is 1. The van der Waals surface area contributed by atoms with E-state index in [1.165, 1.54) is 0 Å². The Balaban J connectivity index is 1.95. The maximum absolute atomic E-state index is 12.5. The van der Waals surface area contributed by atoms with E-state index in [1.54, 1.807) is 25.3 Å². The first-order valence-electron chi connectivity index (χ1n) is 8.51. The summed E-state index contributed by atoms with van der Waals surface area (Å²) in [4.78, 5) is 14.5. The van der Waals surface area contributed by atoms with Gasteiger partial charge in [0.15, 0.2) is 0 Å². The van der Waals surface area contributed by atoms with Gasteiger partial charge in [-0.3, -0.25) is 9.69 Å². The fourth-order valence-corrected chi connectivity index (χ4v) is 2.73. The molecule has 0 aliphatic heterocycles. The monoisotopic (exact) mass is 376 g/mol. The third-order valence-electron chi connectivity index (χ3n) is 4.13. The minimum Gasteiger partial charge on any atom is -0.495 e. The van der Waals surface area contributed by atoms with E-state index in [4.69, 9.17) is 21.1 Å². The molecule has 1 N–H and O–H groups in total. The predicted octanol–water partition coefficient (Wildman–Crippen LogP) is 4.21. The van der Waals surface area contributed by atoms with Crippen LogP contribution in [0, 0.1) is 0 Å². The molecule has 0 fully saturated rings. The minimum absolute atomic E-state index is 0.0975. The van der Waals surface area contributed by atoms with Crippen LogP contribution in [0.25, 0.3) is 0 Å². The van der Waals surface area contributed by atoms with Crippen molar-refractivity contribution in [3.63, 3.8) is 0 Å². The molecule has 5 nitrogen and oxygen atoms in total. The molecule has 6 heteroatoms. The van der Waals surface area contributed by atoms with Crippen LogP contribution < -0.4 is 14.8 Å². The molecule has 0 saturated heterocycles. The quantitative estimate of drug-likeness (QED) is 0.749. The molecule has 0 heterocycles. The third-order valence-corrected chi connectivity index (χ3v) is 4.42. The number of likely N-dealkylation sites (N-methyl/N-ethyl adjacent to an activating group) is 1. The molecule has 2 rings (SSSR count). The number of ether oxygens (including phenoxy) is 2. The first-order chi connectivity index (χ1) is 12.4. The van der Waals surface area contributed by atoms with E-state index in [1.807, 2.05) is 50.1 Å². The Kier molecular flexibility index (Phi) is 7.30. The molecular formula is C20H25ClN2O3.